The summed E-state index contributed by atoms with van der Waals surface area (Å²) in [5.74, 6) is 2.07. The second-order valence-electron chi connectivity index (χ2n) is 32.4. The molecule has 4 amide bonds. The number of rotatable bonds is 17. The molecule has 4 N–H and O–H groups in total. The number of halogens is 1. The molecule has 0 aliphatic carbocycles. The second-order valence-corrected chi connectivity index (χ2v) is 32.4. The topological polar surface area (TPSA) is 289 Å². The molecule has 0 bridgehead atoms. The standard InChI is InChI=1S/C25H27N5O2.C24H24FN5O.C23H24N6O.C21H27N5O/c31-25(32-18-20-5-2-1-3-6-20)29-11-4-7-19(10-12-29)17-30-24-9-8-21(13-22(24)16-28-30)23-14-26-27-15-23;25-22-6-3-18(4-7-22)24(31)29-10-1-2-17(9-11-29)16-30-23-8-5-19(12-20(23)15-28-30)21-13-26-27-14-21;30-23(21-5-1-2-9-24-21)28-10-3-4-17(8-11-28)16-29-22-7-6-18(12-19(22)15-27-29)20-13-25-26-14-20;1-15(2)21(27)25-8-3-4-16(7-9-25)14-26-20-6-5-17(10-18(20)13-24-26)19-11-22-23-12-19/h1-3,5-6,8-9,13-16,19H,4,7,10-12,17-18H2,(H,26,27);3-8,12-15,17H,1-2,9-11,16H2,(H,26,27);1-2,5-7,9,12-15,17H,3-4,8,10-11,16H2,(H,25,26);5-6,10-13,15-16H,3-4,7-9,14H2,1-2H3,(H,22,23). The van der Waals surface area contributed by atoms with Crippen LogP contribution in [0.3, 0.4) is 0 Å². The van der Waals surface area contributed by atoms with E-state index in [9.17, 15) is 23.6 Å². The summed E-state index contributed by atoms with van der Waals surface area (Å²) in [5.41, 5.74) is 15.5. The lowest BCUT2D eigenvalue weighted by molar-refractivity contribution is -0.134. The number of carbonyl (C=O) groups excluding carboxylic acids is 4. The third-order valence-corrected chi connectivity index (χ3v) is 23.8. The van der Waals surface area contributed by atoms with Crippen molar-refractivity contribution in [3.63, 3.8) is 0 Å². The van der Waals surface area contributed by atoms with Crippen LogP contribution in [0.1, 0.15) is 117 Å². The number of carbonyl (C=O) groups is 4. The number of benzene rings is 6. The largest absolute Gasteiger partial charge is 0.445 e. The monoisotopic (exact) mass is 1610 g/mol. The molecule has 9 aromatic heterocycles. The summed E-state index contributed by atoms with van der Waals surface area (Å²) in [6.45, 7) is 14.0. The van der Waals surface area contributed by atoms with Crippen molar-refractivity contribution < 1.29 is 28.3 Å². The fourth-order valence-electron chi connectivity index (χ4n) is 17.1. The normalized spacial score (nSPS) is 17.3. The van der Waals surface area contributed by atoms with Crippen LogP contribution in [-0.4, -0.2) is 181 Å². The van der Waals surface area contributed by atoms with Crippen molar-refractivity contribution in [2.45, 2.75) is 124 Å². The Morgan fingerprint density at radius 1 is 0.392 bits per heavy atom. The smallest absolute Gasteiger partial charge is 0.410 e. The van der Waals surface area contributed by atoms with E-state index in [1.807, 2.05) is 150 Å². The lowest BCUT2D eigenvalue weighted by Crippen LogP contribution is -2.35. The first-order valence-corrected chi connectivity index (χ1v) is 42.1. The number of aromatic nitrogens is 17. The maximum atomic E-state index is 13.2. The molecule has 19 rings (SSSR count). The number of hydrogen-bond acceptors (Lipinski definition) is 14. The van der Waals surface area contributed by atoms with Gasteiger partial charge >= 0.3 is 6.09 Å². The first-order valence-electron chi connectivity index (χ1n) is 42.1. The minimum atomic E-state index is -0.323. The summed E-state index contributed by atoms with van der Waals surface area (Å²) in [7, 11) is 0. The lowest BCUT2D eigenvalue weighted by atomic mass is 10.0. The zero-order valence-electron chi connectivity index (χ0n) is 67.9. The molecule has 616 valence electrons. The van der Waals surface area contributed by atoms with Crippen molar-refractivity contribution in [2.24, 2.45) is 29.6 Å². The lowest BCUT2D eigenvalue weighted by Gasteiger charge is -2.22. The van der Waals surface area contributed by atoms with E-state index in [-0.39, 0.29) is 35.5 Å². The van der Waals surface area contributed by atoms with Gasteiger partial charge in [-0.3, -0.25) is 58.5 Å². The Kier molecular flexibility index (Phi) is 25.8. The van der Waals surface area contributed by atoms with Gasteiger partial charge < -0.3 is 24.3 Å². The number of nitrogens with one attached hydrogen (secondary N) is 4. The van der Waals surface area contributed by atoms with Crippen LogP contribution in [0.5, 0.6) is 0 Å². The summed E-state index contributed by atoms with van der Waals surface area (Å²) >= 11 is 0. The predicted octanol–water partition coefficient (Wildman–Crippen LogP) is 16.8. The zero-order chi connectivity index (χ0) is 82.1. The van der Waals surface area contributed by atoms with Gasteiger partial charge in [-0.15, -0.1) is 0 Å². The van der Waals surface area contributed by atoms with Crippen LogP contribution in [0.4, 0.5) is 9.18 Å². The van der Waals surface area contributed by atoms with Crippen LogP contribution < -0.4 is 0 Å². The quantitative estimate of drug-likeness (QED) is 0.0659. The van der Waals surface area contributed by atoms with Gasteiger partial charge in [0, 0.05) is 165 Å². The maximum absolute atomic E-state index is 13.2. The molecule has 15 aromatic rings. The SMILES string of the molecule is CC(C)C(=O)N1CCCC(Cn2ncc3cc(-c4cn[nH]c4)ccc32)CC1.O=C(OCc1ccccc1)N1CCCC(Cn2ncc3cc(-c4cn[nH]c4)ccc32)CC1.O=C(c1ccc(F)cc1)N1CCCC(Cn2ncc3cc(-c4cn[nH]c4)ccc32)CC1.O=C(c1ccccn1)N1CCCC(Cn2ncc3cc(-c4cn[nH]c4)ccc32)CC1. The summed E-state index contributed by atoms with van der Waals surface area (Å²) < 4.78 is 27.1. The van der Waals surface area contributed by atoms with Crippen LogP contribution in [0, 0.1) is 35.4 Å². The van der Waals surface area contributed by atoms with E-state index in [2.05, 4.69) is 158 Å². The first kappa shape index (κ1) is 80.6. The Morgan fingerprint density at radius 2 is 0.758 bits per heavy atom. The van der Waals surface area contributed by atoms with E-state index < -0.39 is 0 Å². The molecule has 26 nitrogen and oxygen atoms in total. The van der Waals surface area contributed by atoms with E-state index in [0.717, 1.165) is 237 Å². The number of H-pyrrole nitrogens is 4. The van der Waals surface area contributed by atoms with Crippen molar-refractivity contribution in [1.82, 2.24) is 104 Å². The Morgan fingerprint density at radius 3 is 1.13 bits per heavy atom. The van der Waals surface area contributed by atoms with E-state index in [0.29, 0.717) is 48.1 Å². The molecular formula is C93H102FN21O5. The minimum Gasteiger partial charge on any atom is -0.445 e. The van der Waals surface area contributed by atoms with Gasteiger partial charge in [0.2, 0.25) is 5.91 Å². The number of aromatic amines is 4. The van der Waals surface area contributed by atoms with Crippen molar-refractivity contribution in [2.75, 3.05) is 52.4 Å². The zero-order valence-corrected chi connectivity index (χ0v) is 67.9. The molecule has 120 heavy (non-hydrogen) atoms. The van der Waals surface area contributed by atoms with Crippen LogP contribution in [-0.2, 0) is 42.3 Å². The summed E-state index contributed by atoms with van der Waals surface area (Å²) in [5, 5.41) is 50.6. The van der Waals surface area contributed by atoms with Crippen molar-refractivity contribution in [3.8, 4) is 44.5 Å². The molecule has 6 aromatic carbocycles. The van der Waals surface area contributed by atoms with Crippen LogP contribution in [0.2, 0.25) is 0 Å². The number of amides is 4. The fraction of sp³-hybridized carbons (Fsp3) is 0.344. The summed E-state index contributed by atoms with van der Waals surface area (Å²) in [6, 6.07) is 46.7. The van der Waals surface area contributed by atoms with Crippen molar-refractivity contribution in [3.05, 3.63) is 249 Å². The number of pyridine rings is 1. The molecule has 4 atom stereocenters. The van der Waals surface area contributed by atoms with E-state index in [4.69, 9.17) is 4.74 Å². The minimum absolute atomic E-state index is 0.0167. The number of fused-ring (bicyclic) bond motifs is 4. The average Bonchev–Trinajstić information content (AvgIpc) is 1.68. The van der Waals surface area contributed by atoms with Gasteiger partial charge in [0.05, 0.1) is 71.6 Å². The molecule has 13 heterocycles. The van der Waals surface area contributed by atoms with Gasteiger partial charge in [-0.2, -0.15) is 40.8 Å². The molecule has 0 radical (unpaired) electrons. The first-order chi connectivity index (χ1) is 58.8. The number of hydrogen-bond donors (Lipinski definition) is 4. The van der Waals surface area contributed by atoms with E-state index in [1.54, 1.807) is 24.4 Å². The highest BCUT2D eigenvalue weighted by molar-refractivity contribution is 5.94. The van der Waals surface area contributed by atoms with Gasteiger partial charge in [-0.1, -0.05) is 74.5 Å². The van der Waals surface area contributed by atoms with E-state index >= 15 is 0 Å². The van der Waals surface area contributed by atoms with Crippen LogP contribution in [0.25, 0.3) is 88.1 Å². The predicted molar refractivity (Wildman–Crippen MR) is 461 cm³/mol. The Balaban J connectivity index is 0.000000119. The van der Waals surface area contributed by atoms with Gasteiger partial charge in [0.15, 0.2) is 0 Å². The van der Waals surface area contributed by atoms with E-state index in [1.165, 1.54) is 17.6 Å². The molecule has 4 saturated heterocycles. The Bertz CT molecular complexity index is 5830. The number of ether oxygens (including phenoxy) is 1. The highest BCUT2D eigenvalue weighted by atomic mass is 19.1. The third kappa shape index (κ3) is 20.0. The molecular weight excluding hydrogens is 1510 g/mol. The molecule has 4 unspecified atom stereocenters. The van der Waals surface area contributed by atoms with Gasteiger partial charge in [-0.05, 0) is 213 Å². The highest BCUT2D eigenvalue weighted by Crippen LogP contribution is 2.33. The van der Waals surface area contributed by atoms with Gasteiger partial charge in [-0.25, -0.2) is 9.18 Å². The number of nitrogens with zero attached hydrogens (tertiary/aromatic N) is 17. The van der Waals surface area contributed by atoms with Gasteiger partial charge in [0.1, 0.15) is 18.1 Å². The van der Waals surface area contributed by atoms with Crippen molar-refractivity contribution in [1.29, 1.82) is 0 Å². The Hall–Kier alpha value is -13.2. The third-order valence-electron chi connectivity index (χ3n) is 23.8. The second kappa shape index (κ2) is 38.5. The number of likely N-dealkylation sites (tertiary alicyclic amines) is 4. The molecule has 0 spiro atoms. The highest BCUT2D eigenvalue weighted by Gasteiger charge is 2.29. The molecule has 4 fully saturated rings. The maximum Gasteiger partial charge on any atom is 0.410 e. The Labute approximate surface area is 695 Å². The average molecular weight is 1610 g/mol. The van der Waals surface area contributed by atoms with Crippen molar-refractivity contribution >= 4 is 67.4 Å². The fourth-order valence-corrected chi connectivity index (χ4v) is 17.1. The van der Waals surface area contributed by atoms with Gasteiger partial charge in [0.25, 0.3) is 11.8 Å². The molecule has 4 aliphatic heterocycles. The van der Waals surface area contributed by atoms with Crippen LogP contribution >= 0.6 is 0 Å². The molecule has 27 heteroatoms. The summed E-state index contributed by atoms with van der Waals surface area (Å²) in [6.07, 6.45) is 36.4. The summed E-state index contributed by atoms with van der Waals surface area (Å²) in [4.78, 5) is 62.2. The molecule has 4 aliphatic rings. The van der Waals surface area contributed by atoms with Crippen LogP contribution in [0.15, 0.2) is 226 Å². The molecule has 0 saturated carbocycles.